The van der Waals surface area contributed by atoms with E-state index < -0.39 is 0 Å². The highest BCUT2D eigenvalue weighted by Gasteiger charge is 2.07. The number of hydrogen-bond acceptors (Lipinski definition) is 2. The molecule has 0 radical (unpaired) electrons. The second-order valence-electron chi connectivity index (χ2n) is 3.00. The fourth-order valence-corrected chi connectivity index (χ4v) is 1.35. The summed E-state index contributed by atoms with van der Waals surface area (Å²) < 4.78 is 0. The van der Waals surface area contributed by atoms with Gasteiger partial charge in [-0.1, -0.05) is 22.9 Å². The Kier molecular flexibility index (Phi) is 8.45. The van der Waals surface area contributed by atoms with Gasteiger partial charge in [0.15, 0.2) is 0 Å². The van der Waals surface area contributed by atoms with E-state index in [1.54, 1.807) is 0 Å². The van der Waals surface area contributed by atoms with Gasteiger partial charge in [-0.2, -0.15) is 0 Å². The van der Waals surface area contributed by atoms with Crippen LogP contribution in [0.15, 0.2) is 0 Å². The highest BCUT2D eigenvalue weighted by atomic mass is 79.9. The van der Waals surface area contributed by atoms with Gasteiger partial charge in [-0.15, -0.1) is 0 Å². The number of amides is 1. The minimum absolute atomic E-state index is 0.0285. The molecule has 0 fully saturated rings. The Morgan fingerprint density at radius 3 is 2.69 bits per heavy atom. The molecule has 0 aliphatic rings. The smallest absolute Gasteiger partial charge is 0.220 e. The first-order valence-corrected chi connectivity index (χ1v) is 5.82. The Balaban J connectivity index is 3.48. The summed E-state index contributed by atoms with van der Waals surface area (Å²) in [4.78, 5) is 11.2. The maximum absolute atomic E-state index is 11.2. The van der Waals surface area contributed by atoms with E-state index in [0.717, 1.165) is 24.6 Å². The largest absolute Gasteiger partial charge is 0.394 e. The van der Waals surface area contributed by atoms with Gasteiger partial charge in [0, 0.05) is 11.8 Å². The summed E-state index contributed by atoms with van der Waals surface area (Å²) in [6.07, 6.45) is 3.26. The van der Waals surface area contributed by atoms with Crippen molar-refractivity contribution in [3.8, 4) is 0 Å². The van der Waals surface area contributed by atoms with Crippen LogP contribution >= 0.6 is 15.9 Å². The molecule has 0 aromatic heterocycles. The van der Waals surface area contributed by atoms with Crippen molar-refractivity contribution >= 4 is 21.8 Å². The number of alkyl halides is 1. The Bertz CT molecular complexity index is 138. The number of carbonyl (C=O) groups is 1. The van der Waals surface area contributed by atoms with Gasteiger partial charge in [0.2, 0.25) is 5.91 Å². The number of unbranched alkanes of at least 4 members (excludes halogenated alkanes) is 1. The van der Waals surface area contributed by atoms with Gasteiger partial charge in [0.05, 0.1) is 12.6 Å². The molecule has 2 N–H and O–H groups in total. The molecule has 0 saturated heterocycles. The SMILES string of the molecule is CC[C@H](CO)NC(=O)CCCCBr. The van der Waals surface area contributed by atoms with E-state index in [2.05, 4.69) is 21.2 Å². The lowest BCUT2D eigenvalue weighted by Gasteiger charge is -2.13. The molecule has 0 aliphatic carbocycles. The first-order valence-electron chi connectivity index (χ1n) is 4.70. The van der Waals surface area contributed by atoms with Crippen LogP contribution in [0, 0.1) is 0 Å². The van der Waals surface area contributed by atoms with E-state index in [4.69, 9.17) is 5.11 Å². The lowest BCUT2D eigenvalue weighted by Crippen LogP contribution is -2.36. The zero-order valence-electron chi connectivity index (χ0n) is 8.05. The summed E-state index contributed by atoms with van der Waals surface area (Å²) in [5.74, 6) is 0.0434. The molecule has 0 heterocycles. The third kappa shape index (κ3) is 7.02. The lowest BCUT2D eigenvalue weighted by atomic mass is 10.2. The predicted octanol–water partition coefficient (Wildman–Crippen LogP) is 1.44. The molecular formula is C9H18BrNO2. The van der Waals surface area contributed by atoms with Crippen LogP contribution in [-0.2, 0) is 4.79 Å². The Morgan fingerprint density at radius 2 is 2.23 bits per heavy atom. The van der Waals surface area contributed by atoms with Crippen molar-refractivity contribution in [1.82, 2.24) is 5.32 Å². The quantitative estimate of drug-likeness (QED) is 0.532. The van der Waals surface area contributed by atoms with E-state index in [1.165, 1.54) is 0 Å². The summed E-state index contributed by atoms with van der Waals surface area (Å²) in [7, 11) is 0. The van der Waals surface area contributed by atoms with E-state index in [9.17, 15) is 4.79 Å². The fourth-order valence-electron chi connectivity index (χ4n) is 0.957. The van der Waals surface area contributed by atoms with Gasteiger partial charge < -0.3 is 10.4 Å². The number of nitrogens with one attached hydrogen (secondary N) is 1. The van der Waals surface area contributed by atoms with Crippen molar-refractivity contribution in [2.45, 2.75) is 38.6 Å². The second-order valence-corrected chi connectivity index (χ2v) is 3.79. The summed E-state index contributed by atoms with van der Waals surface area (Å²) in [5.41, 5.74) is 0. The molecule has 0 spiro atoms. The van der Waals surface area contributed by atoms with Gasteiger partial charge in [-0.25, -0.2) is 0 Å². The van der Waals surface area contributed by atoms with Gasteiger partial charge >= 0.3 is 0 Å². The van der Waals surface area contributed by atoms with Crippen LogP contribution in [0.3, 0.4) is 0 Å². The van der Waals surface area contributed by atoms with Crippen LogP contribution < -0.4 is 5.32 Å². The number of halogens is 1. The lowest BCUT2D eigenvalue weighted by molar-refractivity contribution is -0.122. The van der Waals surface area contributed by atoms with Crippen LogP contribution in [0.4, 0.5) is 0 Å². The van der Waals surface area contributed by atoms with Crippen LogP contribution in [-0.4, -0.2) is 29.0 Å². The first-order chi connectivity index (χ1) is 6.24. The molecule has 0 aliphatic heterocycles. The zero-order chi connectivity index (χ0) is 10.1. The molecule has 1 atom stereocenters. The summed E-state index contributed by atoms with van der Waals surface area (Å²) in [6, 6.07) is -0.0727. The maximum Gasteiger partial charge on any atom is 0.220 e. The number of hydrogen-bond donors (Lipinski definition) is 2. The average molecular weight is 252 g/mol. The number of aliphatic hydroxyl groups excluding tert-OH is 1. The van der Waals surface area contributed by atoms with Crippen LogP contribution in [0.5, 0.6) is 0 Å². The molecule has 13 heavy (non-hydrogen) atoms. The number of carbonyl (C=O) groups excluding carboxylic acids is 1. The van der Waals surface area contributed by atoms with E-state index in [-0.39, 0.29) is 18.6 Å². The van der Waals surface area contributed by atoms with Crippen LogP contribution in [0.1, 0.15) is 32.6 Å². The Hall–Kier alpha value is -0.0900. The molecule has 4 heteroatoms. The number of aliphatic hydroxyl groups is 1. The van der Waals surface area contributed by atoms with Crippen LogP contribution in [0.2, 0.25) is 0 Å². The molecule has 78 valence electrons. The van der Waals surface area contributed by atoms with Gasteiger partial charge in [0.25, 0.3) is 0 Å². The molecule has 0 rings (SSSR count). The van der Waals surface area contributed by atoms with E-state index in [0.29, 0.717) is 6.42 Å². The van der Waals surface area contributed by atoms with Crippen molar-refractivity contribution in [2.24, 2.45) is 0 Å². The van der Waals surface area contributed by atoms with Crippen molar-refractivity contribution in [2.75, 3.05) is 11.9 Å². The molecule has 3 nitrogen and oxygen atoms in total. The third-order valence-electron chi connectivity index (χ3n) is 1.87. The Labute approximate surface area is 88.0 Å². The summed E-state index contributed by atoms with van der Waals surface area (Å²) in [6.45, 7) is 1.97. The minimum atomic E-state index is -0.0727. The molecule has 0 saturated carbocycles. The Morgan fingerprint density at radius 1 is 1.54 bits per heavy atom. The topological polar surface area (TPSA) is 49.3 Å². The van der Waals surface area contributed by atoms with Crippen molar-refractivity contribution in [1.29, 1.82) is 0 Å². The molecule has 0 aromatic carbocycles. The van der Waals surface area contributed by atoms with Gasteiger partial charge in [-0.05, 0) is 19.3 Å². The summed E-state index contributed by atoms with van der Waals surface area (Å²) >= 11 is 3.31. The van der Waals surface area contributed by atoms with Crippen molar-refractivity contribution < 1.29 is 9.90 Å². The average Bonchev–Trinajstić information content (AvgIpc) is 2.14. The first kappa shape index (κ1) is 12.9. The molecule has 0 bridgehead atoms. The van der Waals surface area contributed by atoms with Crippen molar-refractivity contribution in [3.63, 3.8) is 0 Å². The highest BCUT2D eigenvalue weighted by molar-refractivity contribution is 9.09. The van der Waals surface area contributed by atoms with Crippen molar-refractivity contribution in [3.05, 3.63) is 0 Å². The predicted molar refractivity (Wildman–Crippen MR) is 57.0 cm³/mol. The molecule has 1 amide bonds. The highest BCUT2D eigenvalue weighted by Crippen LogP contribution is 1.99. The molecular weight excluding hydrogens is 234 g/mol. The normalized spacial score (nSPS) is 12.5. The van der Waals surface area contributed by atoms with Gasteiger partial charge in [0.1, 0.15) is 0 Å². The molecule has 0 unspecified atom stereocenters. The maximum atomic E-state index is 11.2. The fraction of sp³-hybridized carbons (Fsp3) is 0.889. The monoisotopic (exact) mass is 251 g/mol. The van der Waals surface area contributed by atoms with Gasteiger partial charge in [-0.3, -0.25) is 4.79 Å². The zero-order valence-corrected chi connectivity index (χ0v) is 9.64. The standard InChI is InChI=1S/C9H18BrNO2/c1-2-8(7-12)11-9(13)5-3-4-6-10/h8,12H,2-7H2,1H3,(H,11,13)/t8-/m1/s1. The molecule has 0 aromatic rings. The summed E-state index contributed by atoms with van der Waals surface area (Å²) in [5, 5.41) is 12.5. The van der Waals surface area contributed by atoms with E-state index in [1.807, 2.05) is 6.92 Å². The minimum Gasteiger partial charge on any atom is -0.394 e. The third-order valence-corrected chi connectivity index (χ3v) is 2.43. The number of rotatable bonds is 7. The van der Waals surface area contributed by atoms with Crippen LogP contribution in [0.25, 0.3) is 0 Å². The van der Waals surface area contributed by atoms with E-state index >= 15 is 0 Å². The second kappa shape index (κ2) is 8.51.